The summed E-state index contributed by atoms with van der Waals surface area (Å²) in [6.07, 6.45) is 3.24. The topological polar surface area (TPSA) is 58.4 Å². The molecule has 0 bridgehead atoms. The van der Waals surface area contributed by atoms with Gasteiger partial charge in [-0.05, 0) is 49.4 Å². The highest BCUT2D eigenvalue weighted by Crippen LogP contribution is 2.22. The molecular formula is C16H25N3O. The lowest BCUT2D eigenvalue weighted by atomic mass is 10.0. The van der Waals surface area contributed by atoms with Crippen molar-refractivity contribution in [3.63, 3.8) is 0 Å². The van der Waals surface area contributed by atoms with Crippen molar-refractivity contribution >= 4 is 17.3 Å². The first kappa shape index (κ1) is 14.9. The van der Waals surface area contributed by atoms with Crippen LogP contribution in [0.2, 0.25) is 0 Å². The lowest BCUT2D eigenvalue weighted by Gasteiger charge is -2.18. The van der Waals surface area contributed by atoms with E-state index in [2.05, 4.69) is 36.2 Å². The largest absolute Gasteiger partial charge is 0.372 e. The second kappa shape index (κ2) is 6.75. The number of carbonyl (C=O) groups is 1. The molecule has 110 valence electrons. The van der Waals surface area contributed by atoms with Crippen molar-refractivity contribution in [2.45, 2.75) is 39.2 Å². The Morgan fingerprint density at radius 3 is 2.40 bits per heavy atom. The molecule has 1 aromatic rings. The van der Waals surface area contributed by atoms with E-state index in [1.807, 2.05) is 12.1 Å². The minimum Gasteiger partial charge on any atom is -0.372 e. The number of carbonyl (C=O) groups excluding carboxylic acids is 1. The van der Waals surface area contributed by atoms with Crippen molar-refractivity contribution in [3.05, 3.63) is 24.3 Å². The number of hydrogen-bond donors (Lipinski definition) is 2. The van der Waals surface area contributed by atoms with Gasteiger partial charge >= 0.3 is 0 Å². The van der Waals surface area contributed by atoms with Crippen molar-refractivity contribution in [2.24, 2.45) is 11.7 Å². The first-order valence-corrected chi connectivity index (χ1v) is 7.47. The second-order valence-corrected chi connectivity index (χ2v) is 5.97. The van der Waals surface area contributed by atoms with Crippen LogP contribution in [0.3, 0.4) is 0 Å². The molecule has 2 rings (SSSR count). The molecule has 0 spiro atoms. The van der Waals surface area contributed by atoms with Crippen LogP contribution in [0.15, 0.2) is 24.3 Å². The van der Waals surface area contributed by atoms with E-state index in [0.717, 1.165) is 18.8 Å². The summed E-state index contributed by atoms with van der Waals surface area (Å²) in [6, 6.07) is 7.60. The summed E-state index contributed by atoms with van der Waals surface area (Å²) in [6.45, 7) is 6.39. The van der Waals surface area contributed by atoms with Crippen LogP contribution >= 0.6 is 0 Å². The van der Waals surface area contributed by atoms with E-state index >= 15 is 0 Å². The maximum absolute atomic E-state index is 11.9. The van der Waals surface area contributed by atoms with Gasteiger partial charge in [-0.15, -0.1) is 0 Å². The fraction of sp³-hybridized carbons (Fsp3) is 0.562. The molecule has 1 saturated heterocycles. The predicted molar refractivity (Wildman–Crippen MR) is 83.9 cm³/mol. The molecular weight excluding hydrogens is 250 g/mol. The third kappa shape index (κ3) is 3.97. The first-order chi connectivity index (χ1) is 9.56. The van der Waals surface area contributed by atoms with Gasteiger partial charge in [0.1, 0.15) is 0 Å². The maximum atomic E-state index is 11.9. The van der Waals surface area contributed by atoms with Crippen molar-refractivity contribution in [1.29, 1.82) is 0 Å². The minimum atomic E-state index is -0.437. The fourth-order valence-electron chi connectivity index (χ4n) is 2.58. The van der Waals surface area contributed by atoms with Gasteiger partial charge in [-0.2, -0.15) is 0 Å². The van der Waals surface area contributed by atoms with Crippen LogP contribution in [-0.4, -0.2) is 25.0 Å². The molecule has 1 aliphatic heterocycles. The molecule has 3 N–H and O–H groups in total. The Balaban J connectivity index is 1.91. The fourth-order valence-corrected chi connectivity index (χ4v) is 2.58. The minimum absolute atomic E-state index is 0.104. The second-order valence-electron chi connectivity index (χ2n) is 5.97. The van der Waals surface area contributed by atoms with Gasteiger partial charge in [0, 0.05) is 24.5 Å². The standard InChI is InChI=1S/C16H25N3O/c1-12(2)11-15(17)16(20)18-13-5-7-14(8-6-13)19-9-3-4-10-19/h5-8,12,15H,3-4,9-11,17H2,1-2H3,(H,18,20). The van der Waals surface area contributed by atoms with Gasteiger partial charge in [-0.1, -0.05) is 13.8 Å². The van der Waals surface area contributed by atoms with Crippen LogP contribution in [-0.2, 0) is 4.79 Å². The molecule has 1 fully saturated rings. The Bertz CT molecular complexity index is 436. The molecule has 4 heteroatoms. The maximum Gasteiger partial charge on any atom is 0.241 e. The molecule has 1 atom stereocenters. The molecule has 0 radical (unpaired) electrons. The highest BCUT2D eigenvalue weighted by molar-refractivity contribution is 5.94. The zero-order valence-electron chi connectivity index (χ0n) is 12.4. The summed E-state index contributed by atoms with van der Waals surface area (Å²) in [4.78, 5) is 14.3. The van der Waals surface area contributed by atoms with Crippen LogP contribution in [0.1, 0.15) is 33.1 Å². The Kier molecular flexibility index (Phi) is 5.01. The number of anilines is 2. The summed E-state index contributed by atoms with van der Waals surface area (Å²) in [5.74, 6) is 0.320. The van der Waals surface area contributed by atoms with Gasteiger partial charge in [0.2, 0.25) is 5.91 Å². The molecule has 20 heavy (non-hydrogen) atoms. The summed E-state index contributed by atoms with van der Waals surface area (Å²) in [5, 5.41) is 2.88. The number of rotatable bonds is 5. The zero-order valence-corrected chi connectivity index (χ0v) is 12.4. The number of hydrogen-bond acceptors (Lipinski definition) is 3. The molecule has 1 heterocycles. The van der Waals surface area contributed by atoms with E-state index in [1.165, 1.54) is 18.5 Å². The smallest absolute Gasteiger partial charge is 0.241 e. The van der Waals surface area contributed by atoms with Crippen LogP contribution in [0.5, 0.6) is 0 Å². The van der Waals surface area contributed by atoms with Gasteiger partial charge in [-0.25, -0.2) is 0 Å². The Morgan fingerprint density at radius 2 is 1.85 bits per heavy atom. The molecule has 0 saturated carbocycles. The molecule has 1 unspecified atom stereocenters. The van der Waals surface area contributed by atoms with E-state index < -0.39 is 6.04 Å². The normalized spacial score (nSPS) is 16.5. The Morgan fingerprint density at radius 1 is 1.25 bits per heavy atom. The van der Waals surface area contributed by atoms with E-state index in [9.17, 15) is 4.79 Å². The average Bonchev–Trinajstić information content (AvgIpc) is 2.92. The summed E-state index contributed by atoms with van der Waals surface area (Å²) >= 11 is 0. The third-order valence-corrected chi connectivity index (χ3v) is 3.67. The van der Waals surface area contributed by atoms with Gasteiger partial charge < -0.3 is 16.0 Å². The summed E-state index contributed by atoms with van der Waals surface area (Å²) in [7, 11) is 0. The lowest BCUT2D eigenvalue weighted by Crippen LogP contribution is -2.36. The van der Waals surface area contributed by atoms with Crippen LogP contribution in [0, 0.1) is 5.92 Å². The molecule has 1 aromatic carbocycles. The lowest BCUT2D eigenvalue weighted by molar-refractivity contribution is -0.117. The van der Waals surface area contributed by atoms with Crippen LogP contribution in [0.4, 0.5) is 11.4 Å². The van der Waals surface area contributed by atoms with E-state index in [1.54, 1.807) is 0 Å². The Hall–Kier alpha value is -1.55. The van der Waals surface area contributed by atoms with Crippen LogP contribution in [0.25, 0.3) is 0 Å². The van der Waals surface area contributed by atoms with Crippen molar-refractivity contribution < 1.29 is 4.79 Å². The molecule has 0 aromatic heterocycles. The molecule has 0 aliphatic carbocycles. The van der Waals surface area contributed by atoms with Crippen LogP contribution < -0.4 is 16.0 Å². The summed E-state index contributed by atoms with van der Waals surface area (Å²) in [5.41, 5.74) is 7.92. The molecule has 1 amide bonds. The third-order valence-electron chi connectivity index (χ3n) is 3.67. The molecule has 4 nitrogen and oxygen atoms in total. The van der Waals surface area contributed by atoms with Gasteiger partial charge in [0.25, 0.3) is 0 Å². The zero-order chi connectivity index (χ0) is 14.5. The average molecular weight is 275 g/mol. The van der Waals surface area contributed by atoms with E-state index in [4.69, 9.17) is 5.73 Å². The number of amides is 1. The van der Waals surface area contributed by atoms with Gasteiger partial charge in [0.05, 0.1) is 6.04 Å². The Labute approximate surface area is 121 Å². The highest BCUT2D eigenvalue weighted by Gasteiger charge is 2.15. The van der Waals surface area contributed by atoms with Gasteiger partial charge in [0.15, 0.2) is 0 Å². The number of nitrogens with two attached hydrogens (primary N) is 1. The van der Waals surface area contributed by atoms with Gasteiger partial charge in [-0.3, -0.25) is 4.79 Å². The number of nitrogens with one attached hydrogen (secondary N) is 1. The summed E-state index contributed by atoms with van der Waals surface area (Å²) < 4.78 is 0. The predicted octanol–water partition coefficient (Wildman–Crippen LogP) is 2.60. The SMILES string of the molecule is CC(C)CC(N)C(=O)Nc1ccc(N2CCCC2)cc1. The van der Waals surface area contributed by atoms with Crippen molar-refractivity contribution in [1.82, 2.24) is 0 Å². The van der Waals surface area contributed by atoms with Crippen molar-refractivity contribution in [3.8, 4) is 0 Å². The monoisotopic (exact) mass is 275 g/mol. The highest BCUT2D eigenvalue weighted by atomic mass is 16.2. The molecule has 1 aliphatic rings. The number of nitrogens with zero attached hydrogens (tertiary/aromatic N) is 1. The van der Waals surface area contributed by atoms with E-state index in [0.29, 0.717) is 12.3 Å². The van der Waals surface area contributed by atoms with E-state index in [-0.39, 0.29) is 5.91 Å². The quantitative estimate of drug-likeness (QED) is 0.868. The van der Waals surface area contributed by atoms with Crippen molar-refractivity contribution in [2.75, 3.05) is 23.3 Å². The first-order valence-electron chi connectivity index (χ1n) is 7.47. The number of benzene rings is 1.